The van der Waals surface area contributed by atoms with Crippen LogP contribution in [0.3, 0.4) is 0 Å². The van der Waals surface area contributed by atoms with Gasteiger partial charge in [-0.3, -0.25) is 4.90 Å². The highest BCUT2D eigenvalue weighted by Gasteiger charge is 2.42. The molecule has 1 spiro atoms. The van der Waals surface area contributed by atoms with Crippen molar-refractivity contribution in [3.63, 3.8) is 0 Å². The molecule has 0 aromatic heterocycles. The number of amides is 1. The maximum absolute atomic E-state index is 13.5. The fourth-order valence-corrected chi connectivity index (χ4v) is 4.40. The molecule has 2 fully saturated rings. The van der Waals surface area contributed by atoms with E-state index in [-0.39, 0.29) is 17.7 Å². The van der Waals surface area contributed by atoms with E-state index in [0.29, 0.717) is 45.6 Å². The van der Waals surface area contributed by atoms with Crippen LogP contribution in [0.25, 0.3) is 0 Å². The van der Waals surface area contributed by atoms with Gasteiger partial charge in [-0.1, -0.05) is 24.3 Å². The van der Waals surface area contributed by atoms with Gasteiger partial charge in [-0.05, 0) is 48.2 Å². The molecule has 2 aromatic rings. The van der Waals surface area contributed by atoms with E-state index in [1.807, 2.05) is 0 Å². The molecule has 29 heavy (non-hydrogen) atoms. The van der Waals surface area contributed by atoms with Gasteiger partial charge >= 0.3 is 6.09 Å². The number of hydrogen-bond acceptors (Lipinski definition) is 3. The monoisotopic (exact) mass is 402 g/mol. The summed E-state index contributed by atoms with van der Waals surface area (Å²) in [5.74, 6) is -0.595. The first-order valence-corrected chi connectivity index (χ1v) is 9.83. The summed E-state index contributed by atoms with van der Waals surface area (Å²) in [5, 5.41) is 9.33. The molecule has 4 rings (SSSR count). The molecule has 154 valence electrons. The zero-order chi connectivity index (χ0) is 20.4. The van der Waals surface area contributed by atoms with Gasteiger partial charge in [0.2, 0.25) is 0 Å². The lowest BCUT2D eigenvalue weighted by Crippen LogP contribution is -2.58. The summed E-state index contributed by atoms with van der Waals surface area (Å²) in [6, 6.07) is 12.7. The number of hydrogen-bond donors (Lipinski definition) is 1. The predicted octanol–water partition coefficient (Wildman–Crippen LogP) is 3.90. The lowest BCUT2D eigenvalue weighted by Gasteiger charge is -2.48. The molecule has 2 saturated heterocycles. The first kappa shape index (κ1) is 19.8. The maximum atomic E-state index is 13.5. The highest BCUT2D eigenvalue weighted by Crippen LogP contribution is 2.36. The quantitative estimate of drug-likeness (QED) is 0.846. The van der Waals surface area contributed by atoms with Crippen LogP contribution in [0.15, 0.2) is 48.5 Å². The molecule has 0 radical (unpaired) electrons. The molecule has 0 bridgehead atoms. The van der Waals surface area contributed by atoms with Crippen molar-refractivity contribution in [1.29, 1.82) is 0 Å². The molecule has 2 aliphatic rings. The number of ether oxygens (including phenoxy) is 1. The Morgan fingerprint density at radius 3 is 1.93 bits per heavy atom. The standard InChI is InChI=1S/C22H24F2N2O3/c23-18-5-1-16(2-6-18)20(17-3-7-19(24)8-4-17)25-11-9-22(10-12-25)15-26(21(27)28)13-14-29-22/h1-8,20H,9-15H2,(H,27,28). The smallest absolute Gasteiger partial charge is 0.407 e. The van der Waals surface area contributed by atoms with E-state index in [1.54, 1.807) is 24.3 Å². The molecule has 0 aliphatic carbocycles. The third-order valence-electron chi connectivity index (χ3n) is 5.96. The summed E-state index contributed by atoms with van der Waals surface area (Å²) in [6.45, 7) is 2.59. The first-order chi connectivity index (χ1) is 14.0. The summed E-state index contributed by atoms with van der Waals surface area (Å²) in [5.41, 5.74) is 1.42. The van der Waals surface area contributed by atoms with Crippen LogP contribution in [-0.2, 0) is 4.74 Å². The van der Waals surface area contributed by atoms with E-state index in [0.717, 1.165) is 11.1 Å². The van der Waals surface area contributed by atoms with Crippen LogP contribution in [-0.4, -0.2) is 59.4 Å². The maximum Gasteiger partial charge on any atom is 0.407 e. The van der Waals surface area contributed by atoms with Gasteiger partial charge in [0.1, 0.15) is 11.6 Å². The molecular formula is C22H24F2N2O3. The molecule has 0 unspecified atom stereocenters. The van der Waals surface area contributed by atoms with Crippen molar-refractivity contribution in [2.75, 3.05) is 32.8 Å². The van der Waals surface area contributed by atoms with Gasteiger partial charge in [0.15, 0.2) is 0 Å². The second kappa shape index (κ2) is 8.08. The minimum Gasteiger partial charge on any atom is -0.465 e. The number of rotatable bonds is 3. The highest BCUT2D eigenvalue weighted by molar-refractivity contribution is 5.65. The Balaban J connectivity index is 1.56. The number of piperidine rings is 1. The summed E-state index contributed by atoms with van der Waals surface area (Å²) in [7, 11) is 0. The summed E-state index contributed by atoms with van der Waals surface area (Å²) in [4.78, 5) is 15.1. The van der Waals surface area contributed by atoms with Crippen molar-refractivity contribution in [2.45, 2.75) is 24.5 Å². The number of morpholine rings is 1. The van der Waals surface area contributed by atoms with Crippen LogP contribution in [0.2, 0.25) is 0 Å². The number of likely N-dealkylation sites (tertiary alicyclic amines) is 1. The molecule has 2 aromatic carbocycles. The van der Waals surface area contributed by atoms with Crippen LogP contribution in [0.4, 0.5) is 13.6 Å². The predicted molar refractivity (Wildman–Crippen MR) is 104 cm³/mol. The number of benzene rings is 2. The Labute approximate surface area is 168 Å². The molecule has 1 amide bonds. The number of carbonyl (C=O) groups is 1. The molecule has 2 heterocycles. The molecule has 0 saturated carbocycles. The van der Waals surface area contributed by atoms with Crippen molar-refractivity contribution in [3.8, 4) is 0 Å². The Hall–Kier alpha value is -2.51. The second-order valence-electron chi connectivity index (χ2n) is 7.78. The minimum atomic E-state index is -0.911. The Kier molecular flexibility index (Phi) is 5.52. The van der Waals surface area contributed by atoms with Gasteiger partial charge in [-0.25, -0.2) is 13.6 Å². The zero-order valence-electron chi connectivity index (χ0n) is 16.1. The van der Waals surface area contributed by atoms with Gasteiger partial charge in [0.25, 0.3) is 0 Å². The molecule has 5 nitrogen and oxygen atoms in total. The van der Waals surface area contributed by atoms with Gasteiger partial charge < -0.3 is 14.7 Å². The first-order valence-electron chi connectivity index (χ1n) is 9.83. The van der Waals surface area contributed by atoms with Crippen molar-refractivity contribution >= 4 is 6.09 Å². The summed E-state index contributed by atoms with van der Waals surface area (Å²) < 4.78 is 32.9. The molecule has 2 aliphatic heterocycles. The largest absolute Gasteiger partial charge is 0.465 e. The highest BCUT2D eigenvalue weighted by atomic mass is 19.1. The average Bonchev–Trinajstić information content (AvgIpc) is 2.72. The van der Waals surface area contributed by atoms with E-state index < -0.39 is 11.7 Å². The molecular weight excluding hydrogens is 378 g/mol. The summed E-state index contributed by atoms with van der Waals surface area (Å²) >= 11 is 0. The van der Waals surface area contributed by atoms with Crippen molar-refractivity contribution in [2.24, 2.45) is 0 Å². The third kappa shape index (κ3) is 4.26. The second-order valence-corrected chi connectivity index (χ2v) is 7.78. The van der Waals surface area contributed by atoms with Crippen LogP contribution in [0, 0.1) is 11.6 Å². The van der Waals surface area contributed by atoms with Gasteiger partial charge in [-0.2, -0.15) is 0 Å². The van der Waals surface area contributed by atoms with E-state index in [4.69, 9.17) is 4.74 Å². The lowest BCUT2D eigenvalue weighted by atomic mass is 9.87. The Bertz CT molecular complexity index is 804. The Morgan fingerprint density at radius 2 is 1.45 bits per heavy atom. The molecule has 7 heteroatoms. The number of halogens is 2. The minimum absolute atomic E-state index is 0.132. The number of carboxylic acid groups (broad SMARTS) is 1. The van der Waals surface area contributed by atoms with E-state index in [1.165, 1.54) is 29.2 Å². The van der Waals surface area contributed by atoms with E-state index in [9.17, 15) is 18.7 Å². The summed E-state index contributed by atoms with van der Waals surface area (Å²) in [6.07, 6.45) is 0.497. The molecule has 0 atom stereocenters. The topological polar surface area (TPSA) is 53.0 Å². The van der Waals surface area contributed by atoms with Gasteiger partial charge in [0.05, 0.1) is 24.8 Å². The SMILES string of the molecule is O=C(O)N1CCOC2(CCN(C(c3ccc(F)cc3)c3ccc(F)cc3)CC2)C1. The van der Waals surface area contributed by atoms with Gasteiger partial charge in [-0.15, -0.1) is 0 Å². The molecule has 1 N–H and O–H groups in total. The van der Waals surface area contributed by atoms with Crippen molar-refractivity contribution in [1.82, 2.24) is 9.80 Å². The van der Waals surface area contributed by atoms with Crippen LogP contribution < -0.4 is 0 Å². The van der Waals surface area contributed by atoms with Crippen LogP contribution in [0.5, 0.6) is 0 Å². The lowest BCUT2D eigenvalue weighted by molar-refractivity contribution is -0.131. The van der Waals surface area contributed by atoms with Crippen molar-refractivity contribution < 1.29 is 23.4 Å². The fraction of sp³-hybridized carbons (Fsp3) is 0.409. The Morgan fingerprint density at radius 1 is 0.931 bits per heavy atom. The zero-order valence-corrected chi connectivity index (χ0v) is 16.1. The third-order valence-corrected chi connectivity index (χ3v) is 5.96. The van der Waals surface area contributed by atoms with Gasteiger partial charge in [0, 0.05) is 19.6 Å². The van der Waals surface area contributed by atoms with E-state index in [2.05, 4.69) is 4.90 Å². The van der Waals surface area contributed by atoms with Crippen LogP contribution >= 0.6 is 0 Å². The fourth-order valence-electron chi connectivity index (χ4n) is 4.40. The van der Waals surface area contributed by atoms with Crippen LogP contribution in [0.1, 0.15) is 30.0 Å². The van der Waals surface area contributed by atoms with E-state index >= 15 is 0 Å². The average molecular weight is 402 g/mol. The normalized spacial score (nSPS) is 19.6. The van der Waals surface area contributed by atoms with Crippen molar-refractivity contribution in [3.05, 3.63) is 71.3 Å². The number of nitrogens with zero attached hydrogens (tertiary/aromatic N) is 2.